The highest BCUT2D eigenvalue weighted by Crippen LogP contribution is 2.15. The quantitative estimate of drug-likeness (QED) is 0.741. The first kappa shape index (κ1) is 14.0. The largest absolute Gasteiger partial charge is 0.467 e. The lowest BCUT2D eigenvalue weighted by atomic mass is 10.1. The minimum Gasteiger partial charge on any atom is -0.467 e. The molecule has 3 aromatic rings. The molecule has 22 heavy (non-hydrogen) atoms. The predicted molar refractivity (Wildman–Crippen MR) is 77.4 cm³/mol. The number of carbonyl (C=O) groups excluding carboxylic acids is 1. The van der Waals surface area contributed by atoms with Crippen LogP contribution < -0.4 is 5.32 Å². The third-order valence-electron chi connectivity index (χ3n) is 3.17. The molecule has 1 aromatic carbocycles. The Morgan fingerprint density at radius 3 is 2.95 bits per heavy atom. The molecule has 0 aliphatic heterocycles. The summed E-state index contributed by atoms with van der Waals surface area (Å²) < 4.78 is 6.77. The van der Waals surface area contributed by atoms with E-state index in [0.717, 1.165) is 5.69 Å². The number of nitrogens with one attached hydrogen (secondary N) is 1. The minimum absolute atomic E-state index is 0.248. The second kappa shape index (κ2) is 6.23. The van der Waals surface area contributed by atoms with Gasteiger partial charge in [0.15, 0.2) is 0 Å². The second-order valence-corrected chi connectivity index (χ2v) is 4.62. The topological polar surface area (TPSA) is 93.2 Å². The fourth-order valence-electron chi connectivity index (χ4n) is 2.07. The molecule has 0 aliphatic carbocycles. The van der Waals surface area contributed by atoms with Crippen molar-refractivity contribution in [1.29, 1.82) is 0 Å². The van der Waals surface area contributed by atoms with Gasteiger partial charge >= 0.3 is 0 Å². The first-order valence-electron chi connectivity index (χ1n) is 6.70. The van der Waals surface area contributed by atoms with Gasteiger partial charge in [0.1, 0.15) is 11.8 Å². The molecule has 2 N–H and O–H groups in total. The van der Waals surface area contributed by atoms with Gasteiger partial charge in [-0.15, -0.1) is 5.10 Å². The summed E-state index contributed by atoms with van der Waals surface area (Å²) in [5.41, 5.74) is 1.18. The van der Waals surface area contributed by atoms with Crippen LogP contribution in [0.15, 0.2) is 59.5 Å². The molecule has 1 unspecified atom stereocenters. The van der Waals surface area contributed by atoms with Crippen LogP contribution in [0.3, 0.4) is 0 Å². The number of carbonyl (C=O) groups is 1. The van der Waals surface area contributed by atoms with Gasteiger partial charge in [0.2, 0.25) is 0 Å². The first-order valence-corrected chi connectivity index (χ1v) is 6.70. The van der Waals surface area contributed by atoms with Crippen LogP contribution in [0, 0.1) is 0 Å². The number of rotatable bonds is 5. The number of benzene rings is 1. The summed E-state index contributed by atoms with van der Waals surface area (Å²) in [6, 6.07) is 9.78. The molecule has 0 saturated heterocycles. The zero-order chi connectivity index (χ0) is 15.4. The van der Waals surface area contributed by atoms with E-state index in [4.69, 9.17) is 4.42 Å². The van der Waals surface area contributed by atoms with Crippen LogP contribution in [0.1, 0.15) is 22.2 Å². The molecule has 0 aliphatic rings. The van der Waals surface area contributed by atoms with Crippen LogP contribution >= 0.6 is 0 Å². The number of aromatic nitrogens is 3. The maximum atomic E-state index is 12.3. The van der Waals surface area contributed by atoms with Gasteiger partial charge < -0.3 is 14.8 Å². The Bertz CT molecular complexity index is 738. The molecule has 1 amide bonds. The molecule has 1 atom stereocenters. The van der Waals surface area contributed by atoms with Gasteiger partial charge in [-0.25, -0.2) is 4.68 Å². The van der Waals surface area contributed by atoms with Crippen molar-refractivity contribution in [2.45, 2.75) is 6.04 Å². The molecular formula is C15H14N4O3. The van der Waals surface area contributed by atoms with Crippen molar-refractivity contribution in [2.24, 2.45) is 0 Å². The van der Waals surface area contributed by atoms with Crippen molar-refractivity contribution in [3.63, 3.8) is 0 Å². The summed E-state index contributed by atoms with van der Waals surface area (Å²) in [6.07, 6.45) is 4.75. The van der Waals surface area contributed by atoms with Crippen LogP contribution in [0.5, 0.6) is 0 Å². The van der Waals surface area contributed by atoms with Crippen molar-refractivity contribution >= 4 is 5.91 Å². The van der Waals surface area contributed by atoms with Gasteiger partial charge in [0.05, 0.1) is 31.0 Å². The van der Waals surface area contributed by atoms with Crippen LogP contribution in [0.25, 0.3) is 5.69 Å². The third-order valence-corrected chi connectivity index (χ3v) is 3.17. The van der Waals surface area contributed by atoms with Crippen LogP contribution in [-0.2, 0) is 0 Å². The Balaban J connectivity index is 1.79. The molecule has 112 valence electrons. The van der Waals surface area contributed by atoms with Gasteiger partial charge in [-0.05, 0) is 30.3 Å². The van der Waals surface area contributed by atoms with E-state index in [9.17, 15) is 9.90 Å². The molecule has 7 heteroatoms. The molecule has 2 aromatic heterocycles. The van der Waals surface area contributed by atoms with Gasteiger partial charge in [-0.1, -0.05) is 11.3 Å². The van der Waals surface area contributed by atoms with Crippen molar-refractivity contribution in [3.8, 4) is 5.69 Å². The maximum absolute atomic E-state index is 12.3. The smallest absolute Gasteiger partial charge is 0.252 e. The van der Waals surface area contributed by atoms with Crippen molar-refractivity contribution < 1.29 is 14.3 Å². The molecule has 0 saturated carbocycles. The molecule has 7 nitrogen and oxygen atoms in total. The summed E-state index contributed by atoms with van der Waals surface area (Å²) in [4.78, 5) is 12.3. The lowest BCUT2D eigenvalue weighted by Crippen LogP contribution is -2.30. The molecule has 3 rings (SSSR count). The molecule has 0 bridgehead atoms. The number of hydrogen-bond donors (Lipinski definition) is 2. The molecule has 0 fully saturated rings. The van der Waals surface area contributed by atoms with E-state index in [-0.39, 0.29) is 12.5 Å². The van der Waals surface area contributed by atoms with Gasteiger partial charge in [-0.2, -0.15) is 0 Å². The minimum atomic E-state index is -0.586. The van der Waals surface area contributed by atoms with Crippen molar-refractivity contribution in [1.82, 2.24) is 20.3 Å². The maximum Gasteiger partial charge on any atom is 0.252 e. The SMILES string of the molecule is O=C(NC(CO)c1ccco1)c1cccc(-n2ccnn2)c1. The number of aliphatic hydroxyl groups is 1. The van der Waals surface area contributed by atoms with Gasteiger partial charge in [-0.3, -0.25) is 4.79 Å². The van der Waals surface area contributed by atoms with Crippen molar-refractivity contribution in [2.75, 3.05) is 6.61 Å². The molecule has 0 spiro atoms. The fraction of sp³-hybridized carbons (Fsp3) is 0.133. The molecular weight excluding hydrogens is 284 g/mol. The summed E-state index contributed by atoms with van der Waals surface area (Å²) in [5, 5.41) is 19.8. The number of aliphatic hydroxyl groups excluding tert-OH is 1. The average Bonchev–Trinajstić information content (AvgIpc) is 3.25. The summed E-state index contributed by atoms with van der Waals surface area (Å²) in [5.74, 6) is 0.195. The fourth-order valence-corrected chi connectivity index (χ4v) is 2.07. The standard InChI is InChI=1S/C15H14N4O3/c20-10-13(14-5-2-8-22-14)17-15(21)11-3-1-4-12(9-11)19-7-6-16-18-19/h1-9,13,20H,10H2,(H,17,21). The van der Waals surface area contributed by atoms with E-state index in [0.29, 0.717) is 11.3 Å². The first-order chi connectivity index (χ1) is 10.8. The van der Waals surface area contributed by atoms with E-state index in [2.05, 4.69) is 15.6 Å². The highest BCUT2D eigenvalue weighted by atomic mass is 16.3. The highest BCUT2D eigenvalue weighted by Gasteiger charge is 2.17. The lowest BCUT2D eigenvalue weighted by molar-refractivity contribution is 0.0907. The number of hydrogen-bond acceptors (Lipinski definition) is 5. The number of amides is 1. The Kier molecular flexibility index (Phi) is 3.97. The van der Waals surface area contributed by atoms with E-state index < -0.39 is 6.04 Å². The number of nitrogens with zero attached hydrogens (tertiary/aromatic N) is 3. The zero-order valence-corrected chi connectivity index (χ0v) is 11.6. The van der Waals surface area contributed by atoms with E-state index >= 15 is 0 Å². The Hall–Kier alpha value is -2.93. The van der Waals surface area contributed by atoms with Gasteiger partial charge in [0.25, 0.3) is 5.91 Å². The van der Waals surface area contributed by atoms with E-state index in [1.54, 1.807) is 47.4 Å². The van der Waals surface area contributed by atoms with Crippen LogP contribution in [0.2, 0.25) is 0 Å². The monoisotopic (exact) mass is 298 g/mol. The summed E-state index contributed by atoms with van der Waals surface area (Å²) in [6.45, 7) is -0.248. The lowest BCUT2D eigenvalue weighted by Gasteiger charge is -2.14. The Morgan fingerprint density at radius 2 is 2.27 bits per heavy atom. The van der Waals surface area contributed by atoms with Crippen LogP contribution in [0.4, 0.5) is 0 Å². The second-order valence-electron chi connectivity index (χ2n) is 4.62. The van der Waals surface area contributed by atoms with Gasteiger partial charge in [0, 0.05) is 5.56 Å². The predicted octanol–water partition coefficient (Wildman–Crippen LogP) is 1.32. The molecule has 2 heterocycles. The van der Waals surface area contributed by atoms with E-state index in [1.807, 2.05) is 6.07 Å². The van der Waals surface area contributed by atoms with Crippen LogP contribution in [-0.4, -0.2) is 32.6 Å². The zero-order valence-electron chi connectivity index (χ0n) is 11.6. The number of furan rings is 1. The average molecular weight is 298 g/mol. The molecule has 0 radical (unpaired) electrons. The van der Waals surface area contributed by atoms with Crippen molar-refractivity contribution in [3.05, 3.63) is 66.4 Å². The Morgan fingerprint density at radius 1 is 1.36 bits per heavy atom. The summed E-state index contributed by atoms with van der Waals surface area (Å²) >= 11 is 0. The summed E-state index contributed by atoms with van der Waals surface area (Å²) in [7, 11) is 0. The third kappa shape index (κ3) is 2.89. The Labute approximate surface area is 126 Å². The highest BCUT2D eigenvalue weighted by molar-refractivity contribution is 5.94. The van der Waals surface area contributed by atoms with E-state index in [1.165, 1.54) is 6.26 Å². The normalized spacial score (nSPS) is 12.0.